The summed E-state index contributed by atoms with van der Waals surface area (Å²) in [6, 6.07) is 1.60. The molecule has 0 saturated heterocycles. The minimum atomic E-state index is -1.21. The van der Waals surface area contributed by atoms with Gasteiger partial charge in [0.1, 0.15) is 5.82 Å². The van der Waals surface area contributed by atoms with Gasteiger partial charge in [-0.1, -0.05) is 13.3 Å². The average molecular weight is 289 g/mol. The number of benzene rings is 1. The van der Waals surface area contributed by atoms with Gasteiger partial charge in [-0.05, 0) is 30.9 Å². The first-order valence-corrected chi connectivity index (χ1v) is 6.45. The second kappa shape index (κ2) is 7.28. The molecule has 20 heavy (non-hydrogen) atoms. The highest BCUT2D eigenvalue weighted by molar-refractivity contribution is 5.70. The molecule has 0 heterocycles. The van der Waals surface area contributed by atoms with Crippen LogP contribution in [0.2, 0.25) is 0 Å². The van der Waals surface area contributed by atoms with E-state index in [0.29, 0.717) is 6.42 Å². The lowest BCUT2D eigenvalue weighted by Crippen LogP contribution is -2.26. The molecule has 1 rings (SSSR count). The average Bonchev–Trinajstić information content (AvgIpc) is 2.42. The molecular weight excluding hydrogens is 271 g/mol. The Labute approximate surface area is 115 Å². The van der Waals surface area contributed by atoms with Crippen LogP contribution in [0.1, 0.15) is 25.3 Å². The van der Waals surface area contributed by atoms with E-state index in [9.17, 15) is 18.0 Å². The lowest BCUT2D eigenvalue weighted by molar-refractivity contribution is -0.142. The smallest absolute Gasteiger partial charge is 0.307 e. The molecule has 0 saturated carbocycles. The fraction of sp³-hybridized carbons (Fsp3) is 0.500. The van der Waals surface area contributed by atoms with Gasteiger partial charge in [0.2, 0.25) is 0 Å². The number of hydrogen-bond acceptors (Lipinski definition) is 2. The summed E-state index contributed by atoms with van der Waals surface area (Å²) < 4.78 is 40.3. The molecule has 112 valence electrons. The second-order valence-corrected chi connectivity index (χ2v) is 4.81. The first kappa shape index (κ1) is 16.5. The topological polar surface area (TPSA) is 63.3 Å². The molecule has 1 aromatic rings. The molecule has 0 bridgehead atoms. The Bertz CT molecular complexity index is 480. The molecular formula is C14H18F3NO2. The van der Waals surface area contributed by atoms with E-state index >= 15 is 0 Å². The molecule has 0 amide bonds. The Balaban J connectivity index is 2.89. The van der Waals surface area contributed by atoms with Crippen LogP contribution in [0.25, 0.3) is 0 Å². The SMILES string of the molecule is CCC(Cc1c(F)ccc(F)c1F)CC(CN)C(=O)O. The number of hydrogen-bond donors (Lipinski definition) is 2. The fourth-order valence-corrected chi connectivity index (χ4v) is 2.14. The van der Waals surface area contributed by atoms with Gasteiger partial charge >= 0.3 is 5.97 Å². The summed E-state index contributed by atoms with van der Waals surface area (Å²) in [6.45, 7) is 1.75. The fourth-order valence-electron chi connectivity index (χ4n) is 2.14. The quantitative estimate of drug-likeness (QED) is 0.759. The van der Waals surface area contributed by atoms with Crippen molar-refractivity contribution in [1.29, 1.82) is 0 Å². The maximum Gasteiger partial charge on any atom is 0.307 e. The minimum absolute atomic E-state index is 0.0417. The molecule has 0 aliphatic heterocycles. The highest BCUT2D eigenvalue weighted by Crippen LogP contribution is 2.25. The molecule has 0 spiro atoms. The number of rotatable bonds is 7. The van der Waals surface area contributed by atoms with Crippen LogP contribution >= 0.6 is 0 Å². The molecule has 3 nitrogen and oxygen atoms in total. The van der Waals surface area contributed by atoms with Crippen molar-refractivity contribution in [2.45, 2.75) is 26.2 Å². The molecule has 3 N–H and O–H groups in total. The second-order valence-electron chi connectivity index (χ2n) is 4.81. The summed E-state index contributed by atoms with van der Waals surface area (Å²) in [5.74, 6) is -5.20. The monoisotopic (exact) mass is 289 g/mol. The van der Waals surface area contributed by atoms with Crippen molar-refractivity contribution in [3.05, 3.63) is 35.1 Å². The summed E-state index contributed by atoms with van der Waals surface area (Å²) in [7, 11) is 0. The predicted octanol–water partition coefficient (Wildman–Crippen LogP) is 2.72. The largest absolute Gasteiger partial charge is 0.481 e. The van der Waals surface area contributed by atoms with Crippen molar-refractivity contribution >= 4 is 5.97 Å². The molecule has 0 aliphatic carbocycles. The van der Waals surface area contributed by atoms with E-state index < -0.39 is 29.3 Å². The van der Waals surface area contributed by atoms with Crippen LogP contribution in [-0.4, -0.2) is 17.6 Å². The van der Waals surface area contributed by atoms with Gasteiger partial charge in [-0.3, -0.25) is 4.79 Å². The molecule has 6 heteroatoms. The standard InChI is InChI=1S/C14H18F3NO2/c1-2-8(5-9(7-18)14(19)20)6-10-11(15)3-4-12(16)13(10)17/h3-4,8-9H,2,5-7,18H2,1H3,(H,19,20). The maximum atomic E-state index is 13.6. The van der Waals surface area contributed by atoms with Gasteiger partial charge in [-0.25, -0.2) is 13.2 Å². The Morgan fingerprint density at radius 1 is 1.30 bits per heavy atom. The van der Waals surface area contributed by atoms with Gasteiger partial charge in [-0.2, -0.15) is 0 Å². The van der Waals surface area contributed by atoms with Gasteiger partial charge in [0, 0.05) is 12.1 Å². The lowest BCUT2D eigenvalue weighted by Gasteiger charge is -2.19. The zero-order chi connectivity index (χ0) is 15.3. The zero-order valence-corrected chi connectivity index (χ0v) is 11.2. The van der Waals surface area contributed by atoms with Crippen molar-refractivity contribution in [2.24, 2.45) is 17.6 Å². The molecule has 0 fully saturated rings. The van der Waals surface area contributed by atoms with Crippen molar-refractivity contribution in [3.8, 4) is 0 Å². The number of aliphatic carboxylic acids is 1. The first-order valence-electron chi connectivity index (χ1n) is 6.45. The third-order valence-corrected chi connectivity index (χ3v) is 3.46. The van der Waals surface area contributed by atoms with Crippen LogP contribution in [0.15, 0.2) is 12.1 Å². The highest BCUT2D eigenvalue weighted by Gasteiger charge is 2.23. The Kier molecular flexibility index (Phi) is 6.01. The number of halogens is 3. The summed E-state index contributed by atoms with van der Waals surface area (Å²) in [5.41, 5.74) is 5.03. The minimum Gasteiger partial charge on any atom is -0.481 e. The highest BCUT2D eigenvalue weighted by atomic mass is 19.2. The van der Waals surface area contributed by atoms with E-state index in [-0.39, 0.29) is 30.9 Å². The van der Waals surface area contributed by atoms with Crippen LogP contribution in [0.3, 0.4) is 0 Å². The van der Waals surface area contributed by atoms with E-state index in [1.54, 1.807) is 6.92 Å². The van der Waals surface area contributed by atoms with Gasteiger partial charge in [0.05, 0.1) is 5.92 Å². The third kappa shape index (κ3) is 3.96. The van der Waals surface area contributed by atoms with Crippen LogP contribution in [0.5, 0.6) is 0 Å². The molecule has 1 aromatic carbocycles. The van der Waals surface area contributed by atoms with E-state index in [4.69, 9.17) is 10.8 Å². The maximum absolute atomic E-state index is 13.6. The number of nitrogens with two attached hydrogens (primary N) is 1. The first-order chi connectivity index (χ1) is 9.40. The Morgan fingerprint density at radius 3 is 2.40 bits per heavy atom. The third-order valence-electron chi connectivity index (χ3n) is 3.46. The number of carboxylic acids is 1. The van der Waals surface area contributed by atoms with Gasteiger partial charge in [0.25, 0.3) is 0 Å². The van der Waals surface area contributed by atoms with Crippen molar-refractivity contribution in [1.82, 2.24) is 0 Å². The van der Waals surface area contributed by atoms with E-state index in [2.05, 4.69) is 0 Å². The molecule has 0 aromatic heterocycles. The molecule has 2 unspecified atom stereocenters. The van der Waals surface area contributed by atoms with Gasteiger partial charge in [-0.15, -0.1) is 0 Å². The normalized spacial score (nSPS) is 14.1. The summed E-state index contributed by atoms with van der Waals surface area (Å²) in [6.07, 6.45) is 0.687. The zero-order valence-electron chi connectivity index (χ0n) is 11.2. The Morgan fingerprint density at radius 2 is 1.90 bits per heavy atom. The van der Waals surface area contributed by atoms with Gasteiger partial charge < -0.3 is 10.8 Å². The van der Waals surface area contributed by atoms with Crippen LogP contribution < -0.4 is 5.73 Å². The van der Waals surface area contributed by atoms with Crippen LogP contribution in [-0.2, 0) is 11.2 Å². The summed E-state index contributed by atoms with van der Waals surface area (Å²) in [5, 5.41) is 8.95. The number of carboxylic acid groups (broad SMARTS) is 1. The van der Waals surface area contributed by atoms with E-state index in [1.807, 2.05) is 0 Å². The number of carbonyl (C=O) groups is 1. The van der Waals surface area contributed by atoms with E-state index in [0.717, 1.165) is 12.1 Å². The van der Waals surface area contributed by atoms with E-state index in [1.165, 1.54) is 0 Å². The lowest BCUT2D eigenvalue weighted by atomic mass is 9.87. The van der Waals surface area contributed by atoms with Crippen molar-refractivity contribution in [2.75, 3.05) is 6.54 Å². The summed E-state index contributed by atoms with van der Waals surface area (Å²) in [4.78, 5) is 10.9. The van der Waals surface area contributed by atoms with Crippen LogP contribution in [0, 0.1) is 29.3 Å². The van der Waals surface area contributed by atoms with Gasteiger partial charge in [0.15, 0.2) is 11.6 Å². The molecule has 0 radical (unpaired) electrons. The summed E-state index contributed by atoms with van der Waals surface area (Å²) >= 11 is 0. The molecule has 2 atom stereocenters. The van der Waals surface area contributed by atoms with Crippen molar-refractivity contribution in [3.63, 3.8) is 0 Å². The molecule has 0 aliphatic rings. The van der Waals surface area contributed by atoms with Crippen molar-refractivity contribution < 1.29 is 23.1 Å². The van der Waals surface area contributed by atoms with Crippen LogP contribution in [0.4, 0.5) is 13.2 Å². The Hall–Kier alpha value is -1.56. The predicted molar refractivity (Wildman–Crippen MR) is 68.6 cm³/mol.